The zero-order chi connectivity index (χ0) is 21.7. The number of thiazole rings is 1. The minimum atomic E-state index is -0.234. The monoisotopic (exact) mass is 437 g/mol. The fraction of sp³-hybridized carbons (Fsp3) is 0.0800. The molecule has 0 radical (unpaired) electrons. The first-order chi connectivity index (χ1) is 15.7. The normalized spacial score (nSPS) is 14.5. The lowest BCUT2D eigenvalue weighted by atomic mass is 10.1. The van der Waals surface area contributed by atoms with Crippen LogP contribution in [0.1, 0.15) is 18.8 Å². The Hall–Kier alpha value is -3.97. The molecule has 6 rings (SSSR count). The van der Waals surface area contributed by atoms with E-state index in [1.807, 2.05) is 66.0 Å². The maximum atomic E-state index is 12.5. The predicted octanol–water partition coefficient (Wildman–Crippen LogP) is 5.82. The number of nitrogens with zero attached hydrogens (tertiary/aromatic N) is 4. The SMILES string of the molecule is CC(=O)N(c1ccccc1)c1nc([C@H]2Nc3ccccc3-c3nc4ccccc4n32)cs1. The van der Waals surface area contributed by atoms with Crippen molar-refractivity contribution in [2.75, 3.05) is 10.2 Å². The summed E-state index contributed by atoms with van der Waals surface area (Å²) in [4.78, 5) is 24.0. The van der Waals surface area contributed by atoms with Crippen molar-refractivity contribution in [1.82, 2.24) is 14.5 Å². The largest absolute Gasteiger partial charge is 0.359 e. The summed E-state index contributed by atoms with van der Waals surface area (Å²) in [6, 6.07) is 25.9. The Labute approximate surface area is 188 Å². The fourth-order valence-electron chi connectivity index (χ4n) is 4.23. The number of hydrogen-bond acceptors (Lipinski definition) is 5. The van der Waals surface area contributed by atoms with Crippen LogP contribution in [0.15, 0.2) is 84.2 Å². The molecule has 0 aliphatic carbocycles. The smallest absolute Gasteiger partial charge is 0.230 e. The van der Waals surface area contributed by atoms with E-state index in [2.05, 4.69) is 28.1 Å². The minimum absolute atomic E-state index is 0.0761. The molecule has 32 heavy (non-hydrogen) atoms. The molecule has 0 fully saturated rings. The first-order valence-electron chi connectivity index (χ1n) is 10.3. The number of imidazole rings is 1. The molecule has 2 aromatic heterocycles. The van der Waals surface area contributed by atoms with E-state index >= 15 is 0 Å². The molecule has 7 heteroatoms. The van der Waals surface area contributed by atoms with Crippen LogP contribution in [0.3, 0.4) is 0 Å². The van der Waals surface area contributed by atoms with Crippen molar-refractivity contribution in [3.63, 3.8) is 0 Å². The Morgan fingerprint density at radius 2 is 1.72 bits per heavy atom. The number of para-hydroxylation sites is 4. The number of carbonyl (C=O) groups excluding carboxylic acids is 1. The highest BCUT2D eigenvalue weighted by atomic mass is 32.1. The number of benzene rings is 3. The van der Waals surface area contributed by atoms with Gasteiger partial charge in [-0.05, 0) is 36.4 Å². The molecule has 1 amide bonds. The quantitative estimate of drug-likeness (QED) is 0.386. The van der Waals surface area contributed by atoms with Crippen LogP contribution in [0.5, 0.6) is 0 Å². The van der Waals surface area contributed by atoms with Gasteiger partial charge in [0.2, 0.25) is 5.91 Å². The average Bonchev–Trinajstić information content (AvgIpc) is 3.45. The van der Waals surface area contributed by atoms with Gasteiger partial charge >= 0.3 is 0 Å². The van der Waals surface area contributed by atoms with Crippen molar-refractivity contribution in [2.24, 2.45) is 0 Å². The van der Waals surface area contributed by atoms with Gasteiger partial charge in [0.25, 0.3) is 0 Å². The maximum absolute atomic E-state index is 12.5. The summed E-state index contributed by atoms with van der Waals surface area (Å²) >= 11 is 1.46. The van der Waals surface area contributed by atoms with E-state index in [-0.39, 0.29) is 12.1 Å². The highest BCUT2D eigenvalue weighted by molar-refractivity contribution is 7.14. The van der Waals surface area contributed by atoms with E-state index < -0.39 is 0 Å². The summed E-state index contributed by atoms with van der Waals surface area (Å²) in [7, 11) is 0. The number of amides is 1. The Balaban J connectivity index is 1.49. The second-order valence-electron chi connectivity index (χ2n) is 7.63. The lowest BCUT2D eigenvalue weighted by molar-refractivity contribution is -0.115. The van der Waals surface area contributed by atoms with Gasteiger partial charge < -0.3 is 5.32 Å². The molecule has 0 bridgehead atoms. The summed E-state index contributed by atoms with van der Waals surface area (Å²) in [5, 5.41) is 6.29. The van der Waals surface area contributed by atoms with Gasteiger partial charge in [0, 0.05) is 23.6 Å². The third kappa shape index (κ3) is 2.90. The van der Waals surface area contributed by atoms with Gasteiger partial charge in [0.05, 0.1) is 22.4 Å². The van der Waals surface area contributed by atoms with Crippen molar-refractivity contribution in [3.8, 4) is 11.4 Å². The van der Waals surface area contributed by atoms with Crippen LogP contribution in [0, 0.1) is 0 Å². The van der Waals surface area contributed by atoms with E-state index in [4.69, 9.17) is 9.97 Å². The van der Waals surface area contributed by atoms with Crippen LogP contribution in [-0.4, -0.2) is 20.4 Å². The number of carbonyl (C=O) groups is 1. The zero-order valence-electron chi connectivity index (χ0n) is 17.3. The van der Waals surface area contributed by atoms with Crippen molar-refractivity contribution in [2.45, 2.75) is 13.1 Å². The molecule has 3 heterocycles. The van der Waals surface area contributed by atoms with Gasteiger partial charge in [0.1, 0.15) is 12.0 Å². The van der Waals surface area contributed by atoms with Gasteiger partial charge in [-0.3, -0.25) is 14.3 Å². The number of nitrogens with one attached hydrogen (secondary N) is 1. The summed E-state index contributed by atoms with van der Waals surface area (Å²) in [5.74, 6) is 0.833. The number of anilines is 3. The number of aromatic nitrogens is 3. The van der Waals surface area contributed by atoms with Crippen LogP contribution in [0.2, 0.25) is 0 Å². The fourth-order valence-corrected chi connectivity index (χ4v) is 5.13. The van der Waals surface area contributed by atoms with Crippen LogP contribution in [0.25, 0.3) is 22.4 Å². The van der Waals surface area contributed by atoms with Crippen LogP contribution in [-0.2, 0) is 4.79 Å². The van der Waals surface area contributed by atoms with Gasteiger partial charge in [0.15, 0.2) is 5.13 Å². The van der Waals surface area contributed by atoms with E-state index in [0.717, 1.165) is 39.5 Å². The molecule has 0 saturated heterocycles. The van der Waals surface area contributed by atoms with E-state index in [0.29, 0.717) is 5.13 Å². The van der Waals surface area contributed by atoms with Gasteiger partial charge in [-0.1, -0.05) is 42.5 Å². The summed E-state index contributed by atoms with van der Waals surface area (Å²) in [5.41, 5.74) is 5.70. The van der Waals surface area contributed by atoms with Gasteiger partial charge in [-0.2, -0.15) is 0 Å². The zero-order valence-corrected chi connectivity index (χ0v) is 18.1. The van der Waals surface area contributed by atoms with Crippen LogP contribution < -0.4 is 10.2 Å². The van der Waals surface area contributed by atoms with Crippen LogP contribution in [0.4, 0.5) is 16.5 Å². The third-order valence-electron chi connectivity index (χ3n) is 5.62. The number of fused-ring (bicyclic) bond motifs is 5. The number of hydrogen-bond donors (Lipinski definition) is 1. The van der Waals surface area contributed by atoms with Gasteiger partial charge in [-0.25, -0.2) is 9.97 Å². The van der Waals surface area contributed by atoms with Crippen molar-refractivity contribution in [3.05, 3.63) is 89.9 Å². The molecule has 1 atom stereocenters. The first kappa shape index (κ1) is 18.8. The first-order valence-corrected chi connectivity index (χ1v) is 11.2. The highest BCUT2D eigenvalue weighted by Crippen LogP contribution is 2.41. The second kappa shape index (κ2) is 7.32. The van der Waals surface area contributed by atoms with Gasteiger partial charge in [-0.15, -0.1) is 11.3 Å². The van der Waals surface area contributed by atoms with E-state index in [1.54, 1.807) is 11.8 Å². The predicted molar refractivity (Wildman–Crippen MR) is 128 cm³/mol. The molecule has 3 aromatic carbocycles. The van der Waals surface area contributed by atoms with Crippen LogP contribution >= 0.6 is 11.3 Å². The molecule has 0 saturated carbocycles. The van der Waals surface area contributed by atoms with E-state index in [1.165, 1.54) is 11.3 Å². The minimum Gasteiger partial charge on any atom is -0.359 e. The third-order valence-corrected chi connectivity index (χ3v) is 6.47. The molecule has 5 aromatic rings. The molecular formula is C25H19N5OS. The number of rotatable bonds is 3. The Morgan fingerprint density at radius 3 is 2.56 bits per heavy atom. The van der Waals surface area contributed by atoms with Crippen molar-refractivity contribution < 1.29 is 4.79 Å². The van der Waals surface area contributed by atoms with E-state index in [9.17, 15) is 4.79 Å². The standard InChI is InChI=1S/C25H19N5OS/c1-16(31)29(17-9-3-2-4-10-17)25-28-21(15-32-25)24-26-19-12-6-5-11-18(19)23-27-20-13-7-8-14-22(20)30(23)24/h2-15,24,26H,1H3/t24-/m0/s1. The molecule has 6 nitrogen and oxygen atoms in total. The highest BCUT2D eigenvalue weighted by Gasteiger charge is 2.30. The Kier molecular flexibility index (Phi) is 4.29. The van der Waals surface area contributed by atoms with Crippen molar-refractivity contribution in [1.29, 1.82) is 0 Å². The molecule has 156 valence electrons. The average molecular weight is 438 g/mol. The molecule has 1 aliphatic rings. The van der Waals surface area contributed by atoms with Crippen molar-refractivity contribution >= 4 is 44.8 Å². The lowest BCUT2D eigenvalue weighted by Gasteiger charge is -2.29. The molecular weight excluding hydrogens is 418 g/mol. The molecule has 0 spiro atoms. The summed E-state index contributed by atoms with van der Waals surface area (Å²) < 4.78 is 2.19. The molecule has 1 aliphatic heterocycles. The topological polar surface area (TPSA) is 63.1 Å². The second-order valence-corrected chi connectivity index (χ2v) is 8.47. The summed E-state index contributed by atoms with van der Waals surface area (Å²) in [6.45, 7) is 1.56. The molecule has 0 unspecified atom stereocenters. The maximum Gasteiger partial charge on any atom is 0.230 e. The summed E-state index contributed by atoms with van der Waals surface area (Å²) in [6.07, 6.45) is -0.234. The Morgan fingerprint density at radius 1 is 0.969 bits per heavy atom. The molecule has 1 N–H and O–H groups in total. The lowest BCUT2D eigenvalue weighted by Crippen LogP contribution is -2.26. The Bertz CT molecular complexity index is 1460.